The van der Waals surface area contributed by atoms with Gasteiger partial charge in [0.25, 0.3) is 0 Å². The number of carbonyl (C=O) groups excluding carboxylic acids is 2. The number of hydrogen-bond donors (Lipinski definition) is 3. The number of imide groups is 1. The molecule has 0 saturated heterocycles. The summed E-state index contributed by atoms with van der Waals surface area (Å²) in [7, 11) is 1.46. The van der Waals surface area contributed by atoms with Gasteiger partial charge in [0.2, 0.25) is 5.91 Å². The van der Waals surface area contributed by atoms with Crippen molar-refractivity contribution in [1.29, 1.82) is 0 Å². The van der Waals surface area contributed by atoms with Crippen molar-refractivity contribution >= 4 is 17.6 Å². The number of hydrogen-bond acceptors (Lipinski definition) is 3. The third-order valence-corrected chi connectivity index (χ3v) is 2.15. The number of amides is 3. The Bertz CT molecular complexity index is 410. The van der Waals surface area contributed by atoms with Crippen molar-refractivity contribution in [3.8, 4) is 0 Å². The molecule has 1 rings (SSSR count). The molecule has 3 amide bonds. The van der Waals surface area contributed by atoms with Crippen molar-refractivity contribution in [2.24, 2.45) is 0 Å². The Hall–Kier alpha value is -2.04. The number of rotatable bonds is 3. The maximum Gasteiger partial charge on any atom is 0.321 e. The molecule has 0 fully saturated rings. The van der Waals surface area contributed by atoms with Gasteiger partial charge in [-0.05, 0) is 37.1 Å². The van der Waals surface area contributed by atoms with Crippen LogP contribution in [-0.2, 0) is 4.79 Å². The zero-order chi connectivity index (χ0) is 12.8. The van der Waals surface area contributed by atoms with Crippen molar-refractivity contribution < 1.29 is 9.59 Å². The highest BCUT2D eigenvalue weighted by atomic mass is 16.2. The Morgan fingerprint density at radius 2 is 1.71 bits per heavy atom. The fourth-order valence-corrected chi connectivity index (χ4v) is 1.49. The van der Waals surface area contributed by atoms with Gasteiger partial charge in [-0.15, -0.1) is 0 Å². The van der Waals surface area contributed by atoms with E-state index in [1.165, 1.54) is 7.05 Å². The summed E-state index contributed by atoms with van der Waals surface area (Å²) in [4.78, 5) is 22.2. The van der Waals surface area contributed by atoms with Gasteiger partial charge >= 0.3 is 6.03 Å². The molecular weight excluding hydrogens is 218 g/mol. The maximum absolute atomic E-state index is 11.3. The summed E-state index contributed by atoms with van der Waals surface area (Å²) in [6.07, 6.45) is 0. The molecule has 92 valence electrons. The van der Waals surface area contributed by atoms with Crippen LogP contribution < -0.4 is 16.0 Å². The predicted octanol–water partition coefficient (Wildman–Crippen LogP) is 1.17. The van der Waals surface area contributed by atoms with Gasteiger partial charge in [-0.25, -0.2) is 4.79 Å². The lowest BCUT2D eigenvalue weighted by atomic mass is 10.1. The molecule has 0 heterocycles. The first-order valence-corrected chi connectivity index (χ1v) is 5.35. The minimum absolute atomic E-state index is 0.0658. The van der Waals surface area contributed by atoms with Gasteiger partial charge in [-0.1, -0.05) is 6.07 Å². The van der Waals surface area contributed by atoms with Crippen molar-refractivity contribution in [3.63, 3.8) is 0 Å². The van der Waals surface area contributed by atoms with E-state index in [4.69, 9.17) is 0 Å². The van der Waals surface area contributed by atoms with E-state index in [-0.39, 0.29) is 12.5 Å². The van der Waals surface area contributed by atoms with Crippen LogP contribution in [0.3, 0.4) is 0 Å². The molecule has 0 radical (unpaired) electrons. The average molecular weight is 235 g/mol. The highest BCUT2D eigenvalue weighted by Gasteiger charge is 2.05. The standard InChI is InChI=1S/C12H17N3O2/c1-8-4-9(2)6-10(5-8)14-7-11(16)15-12(17)13-3/h4-6,14H,7H2,1-3H3,(H2,13,15,16,17). The van der Waals surface area contributed by atoms with Crippen molar-refractivity contribution in [3.05, 3.63) is 29.3 Å². The Morgan fingerprint density at radius 3 is 2.24 bits per heavy atom. The molecule has 0 aliphatic rings. The van der Waals surface area contributed by atoms with E-state index in [1.54, 1.807) is 0 Å². The minimum Gasteiger partial charge on any atom is -0.376 e. The van der Waals surface area contributed by atoms with Crippen LogP contribution in [0.15, 0.2) is 18.2 Å². The zero-order valence-corrected chi connectivity index (χ0v) is 10.3. The lowest BCUT2D eigenvalue weighted by Gasteiger charge is -2.08. The van der Waals surface area contributed by atoms with Crippen LogP contribution in [0.2, 0.25) is 0 Å². The first-order valence-electron chi connectivity index (χ1n) is 5.35. The number of anilines is 1. The third kappa shape index (κ3) is 4.55. The summed E-state index contributed by atoms with van der Waals surface area (Å²) in [5.41, 5.74) is 3.12. The largest absolute Gasteiger partial charge is 0.376 e. The SMILES string of the molecule is CNC(=O)NC(=O)CNc1cc(C)cc(C)c1. The number of carbonyl (C=O) groups is 2. The molecule has 0 unspecified atom stereocenters. The van der Waals surface area contributed by atoms with Gasteiger partial charge in [0, 0.05) is 12.7 Å². The molecule has 1 aromatic rings. The Balaban J connectivity index is 2.50. The molecule has 0 aliphatic carbocycles. The van der Waals surface area contributed by atoms with Crippen LogP contribution in [0.5, 0.6) is 0 Å². The van der Waals surface area contributed by atoms with E-state index in [9.17, 15) is 9.59 Å². The summed E-state index contributed by atoms with van der Waals surface area (Å²) in [6.45, 7) is 4.04. The van der Waals surface area contributed by atoms with Gasteiger partial charge in [0.05, 0.1) is 6.54 Å². The predicted molar refractivity (Wildman–Crippen MR) is 67.0 cm³/mol. The topological polar surface area (TPSA) is 70.2 Å². The molecule has 1 aromatic carbocycles. The lowest BCUT2D eigenvalue weighted by Crippen LogP contribution is -2.40. The third-order valence-electron chi connectivity index (χ3n) is 2.15. The van der Waals surface area contributed by atoms with Crippen LogP contribution in [0.1, 0.15) is 11.1 Å². The van der Waals surface area contributed by atoms with Gasteiger partial charge < -0.3 is 10.6 Å². The lowest BCUT2D eigenvalue weighted by molar-refractivity contribution is -0.118. The maximum atomic E-state index is 11.3. The normalized spacial score (nSPS) is 9.59. The quantitative estimate of drug-likeness (QED) is 0.736. The van der Waals surface area contributed by atoms with Crippen LogP contribution >= 0.6 is 0 Å². The van der Waals surface area contributed by atoms with E-state index >= 15 is 0 Å². The van der Waals surface area contributed by atoms with Crippen LogP contribution in [0, 0.1) is 13.8 Å². The first kappa shape index (κ1) is 13.0. The molecule has 17 heavy (non-hydrogen) atoms. The highest BCUT2D eigenvalue weighted by molar-refractivity contribution is 5.96. The molecule has 0 aromatic heterocycles. The number of urea groups is 1. The second kappa shape index (κ2) is 5.89. The molecule has 0 bridgehead atoms. The van der Waals surface area contributed by atoms with E-state index in [0.29, 0.717) is 0 Å². The molecule has 0 spiro atoms. The smallest absolute Gasteiger partial charge is 0.321 e. The fourth-order valence-electron chi connectivity index (χ4n) is 1.49. The van der Waals surface area contributed by atoms with Crippen LogP contribution in [0.25, 0.3) is 0 Å². The van der Waals surface area contributed by atoms with Gasteiger partial charge in [-0.3, -0.25) is 10.1 Å². The summed E-state index contributed by atoms with van der Waals surface area (Å²) in [5.74, 6) is -0.372. The molecule has 5 heteroatoms. The van der Waals surface area contributed by atoms with Gasteiger partial charge in [-0.2, -0.15) is 0 Å². The van der Waals surface area contributed by atoms with E-state index in [2.05, 4.69) is 22.0 Å². The van der Waals surface area contributed by atoms with Crippen molar-refractivity contribution in [1.82, 2.24) is 10.6 Å². The number of aryl methyl sites for hydroxylation is 2. The average Bonchev–Trinajstić information content (AvgIpc) is 2.25. The Morgan fingerprint density at radius 1 is 1.12 bits per heavy atom. The minimum atomic E-state index is -0.503. The molecule has 3 N–H and O–H groups in total. The number of benzene rings is 1. The summed E-state index contributed by atoms with van der Waals surface area (Å²) < 4.78 is 0. The van der Waals surface area contributed by atoms with Crippen LogP contribution in [-0.4, -0.2) is 25.5 Å². The summed E-state index contributed by atoms with van der Waals surface area (Å²) in [6, 6.07) is 5.44. The van der Waals surface area contributed by atoms with Crippen molar-refractivity contribution in [2.45, 2.75) is 13.8 Å². The van der Waals surface area contributed by atoms with Crippen LogP contribution in [0.4, 0.5) is 10.5 Å². The van der Waals surface area contributed by atoms with E-state index in [0.717, 1.165) is 16.8 Å². The first-order chi connectivity index (χ1) is 8.01. The van der Waals surface area contributed by atoms with Gasteiger partial charge in [0.1, 0.15) is 0 Å². The zero-order valence-electron chi connectivity index (χ0n) is 10.3. The molecular formula is C12H17N3O2. The van der Waals surface area contributed by atoms with Gasteiger partial charge in [0.15, 0.2) is 0 Å². The molecule has 5 nitrogen and oxygen atoms in total. The second-order valence-electron chi connectivity index (χ2n) is 3.86. The fraction of sp³-hybridized carbons (Fsp3) is 0.333. The molecule has 0 aliphatic heterocycles. The molecule has 0 saturated carbocycles. The summed E-state index contributed by atoms with van der Waals surface area (Å²) >= 11 is 0. The Labute approximate surface area is 101 Å². The monoisotopic (exact) mass is 235 g/mol. The number of nitrogens with one attached hydrogen (secondary N) is 3. The molecule has 0 atom stereocenters. The van der Waals surface area contributed by atoms with E-state index in [1.807, 2.05) is 26.0 Å². The van der Waals surface area contributed by atoms with Crippen molar-refractivity contribution in [2.75, 3.05) is 18.9 Å². The Kier molecular flexibility index (Phi) is 4.51. The second-order valence-corrected chi connectivity index (χ2v) is 3.86. The van der Waals surface area contributed by atoms with E-state index < -0.39 is 6.03 Å². The summed E-state index contributed by atoms with van der Waals surface area (Å²) in [5, 5.41) is 7.45. The highest BCUT2D eigenvalue weighted by Crippen LogP contribution is 2.13.